The highest BCUT2D eigenvalue weighted by molar-refractivity contribution is 7.10. The third-order valence-corrected chi connectivity index (χ3v) is 5.25. The van der Waals surface area contributed by atoms with E-state index >= 15 is 0 Å². The second-order valence-electron chi connectivity index (χ2n) is 5.64. The van der Waals surface area contributed by atoms with Crippen molar-refractivity contribution in [2.24, 2.45) is 0 Å². The highest BCUT2D eigenvalue weighted by Gasteiger charge is 2.27. The number of hydrogen-bond donors (Lipinski definition) is 1. The van der Waals surface area contributed by atoms with Gasteiger partial charge in [-0.15, -0.1) is 11.3 Å². The zero-order chi connectivity index (χ0) is 14.8. The van der Waals surface area contributed by atoms with Crippen LogP contribution in [0.4, 0.5) is 0 Å². The third-order valence-electron chi connectivity index (χ3n) is 4.24. The molecule has 0 unspecified atom stereocenters. The van der Waals surface area contributed by atoms with Crippen LogP contribution in [0.2, 0.25) is 0 Å². The molecule has 0 saturated carbocycles. The van der Waals surface area contributed by atoms with Crippen molar-refractivity contribution in [2.75, 3.05) is 13.1 Å². The Kier molecular flexibility index (Phi) is 4.08. The van der Waals surface area contributed by atoms with Crippen molar-refractivity contribution >= 4 is 17.3 Å². The molecule has 0 spiro atoms. The molecule has 110 valence electrons. The molecule has 1 aliphatic rings. The first-order valence-corrected chi connectivity index (χ1v) is 8.10. The fourth-order valence-corrected chi connectivity index (χ4v) is 3.99. The average Bonchev–Trinajstić information content (AvgIpc) is 3.09. The molecule has 21 heavy (non-hydrogen) atoms. The van der Waals surface area contributed by atoms with Gasteiger partial charge in [-0.3, -0.25) is 4.90 Å². The number of carboxylic acids is 1. The van der Waals surface area contributed by atoms with Gasteiger partial charge in [-0.25, -0.2) is 4.79 Å². The van der Waals surface area contributed by atoms with Gasteiger partial charge < -0.3 is 5.11 Å². The number of nitrogens with zero attached hydrogens (tertiary/aromatic N) is 1. The molecule has 1 saturated heterocycles. The van der Waals surface area contributed by atoms with E-state index in [1.54, 1.807) is 23.5 Å². The molecule has 3 nitrogen and oxygen atoms in total. The second-order valence-corrected chi connectivity index (χ2v) is 6.64. The summed E-state index contributed by atoms with van der Waals surface area (Å²) in [5.41, 5.74) is 2.79. The Bertz CT molecular complexity index is 650. The summed E-state index contributed by atoms with van der Waals surface area (Å²) in [6.45, 7) is 5.12. The van der Waals surface area contributed by atoms with E-state index in [0.717, 1.165) is 31.6 Å². The Morgan fingerprint density at radius 2 is 2.19 bits per heavy atom. The molecule has 0 bridgehead atoms. The van der Waals surface area contributed by atoms with Crippen LogP contribution >= 0.6 is 11.3 Å². The lowest BCUT2D eigenvalue weighted by Crippen LogP contribution is -2.20. The van der Waals surface area contributed by atoms with E-state index in [-0.39, 0.29) is 0 Å². The number of rotatable bonds is 4. The lowest BCUT2D eigenvalue weighted by atomic mass is 9.93. The number of carboxylic acid groups (broad SMARTS) is 1. The summed E-state index contributed by atoms with van der Waals surface area (Å²) in [4.78, 5) is 15.2. The first-order valence-electron chi connectivity index (χ1n) is 7.22. The van der Waals surface area contributed by atoms with Crippen molar-refractivity contribution in [1.82, 2.24) is 4.90 Å². The lowest BCUT2D eigenvalue weighted by molar-refractivity contribution is 0.0695. The summed E-state index contributed by atoms with van der Waals surface area (Å²) < 4.78 is 0. The Balaban J connectivity index is 1.73. The van der Waals surface area contributed by atoms with Gasteiger partial charge in [0, 0.05) is 18.0 Å². The number of hydrogen-bond acceptors (Lipinski definition) is 3. The van der Waals surface area contributed by atoms with Gasteiger partial charge in [-0.2, -0.15) is 0 Å². The SMILES string of the molecule is Cc1ccsc1CN1CC[C@@H](c2ccccc2C(=O)O)C1. The minimum Gasteiger partial charge on any atom is -0.478 e. The van der Waals surface area contributed by atoms with Gasteiger partial charge in [-0.05, 0) is 54.4 Å². The molecule has 3 rings (SSSR count). The normalized spacial score (nSPS) is 19.0. The van der Waals surface area contributed by atoms with Crippen molar-refractivity contribution in [1.29, 1.82) is 0 Å². The van der Waals surface area contributed by atoms with Crippen molar-refractivity contribution < 1.29 is 9.90 Å². The quantitative estimate of drug-likeness (QED) is 0.935. The van der Waals surface area contributed by atoms with E-state index in [4.69, 9.17) is 0 Å². The fourth-order valence-electron chi connectivity index (χ4n) is 3.05. The number of carbonyl (C=O) groups is 1. The summed E-state index contributed by atoms with van der Waals surface area (Å²) in [6, 6.07) is 9.58. The van der Waals surface area contributed by atoms with Gasteiger partial charge in [0.05, 0.1) is 5.56 Å². The highest BCUT2D eigenvalue weighted by Crippen LogP contribution is 2.31. The molecule has 0 amide bonds. The van der Waals surface area contributed by atoms with Crippen LogP contribution in [-0.2, 0) is 6.54 Å². The Morgan fingerprint density at radius 3 is 2.90 bits per heavy atom. The molecule has 1 N–H and O–H groups in total. The van der Waals surface area contributed by atoms with Crippen molar-refractivity contribution in [3.63, 3.8) is 0 Å². The summed E-state index contributed by atoms with van der Waals surface area (Å²) in [5.74, 6) is -0.490. The van der Waals surface area contributed by atoms with Gasteiger partial charge in [0.25, 0.3) is 0 Å². The predicted molar refractivity (Wildman–Crippen MR) is 85.1 cm³/mol. The zero-order valence-corrected chi connectivity index (χ0v) is 12.9. The summed E-state index contributed by atoms with van der Waals surface area (Å²) in [6.07, 6.45) is 1.04. The minimum atomic E-state index is -0.821. The van der Waals surface area contributed by atoms with Crippen LogP contribution in [0.1, 0.15) is 38.7 Å². The molecule has 0 radical (unpaired) electrons. The molecular weight excluding hydrogens is 282 g/mol. The Morgan fingerprint density at radius 1 is 1.38 bits per heavy atom. The average molecular weight is 301 g/mol. The van der Waals surface area contributed by atoms with E-state index in [9.17, 15) is 9.90 Å². The van der Waals surface area contributed by atoms with E-state index in [2.05, 4.69) is 23.3 Å². The number of aromatic carboxylic acids is 1. The third kappa shape index (κ3) is 3.01. The Hall–Kier alpha value is -1.65. The van der Waals surface area contributed by atoms with Crippen LogP contribution in [0.15, 0.2) is 35.7 Å². The maximum atomic E-state index is 11.3. The van der Waals surface area contributed by atoms with E-state index in [1.165, 1.54) is 10.4 Å². The largest absolute Gasteiger partial charge is 0.478 e. The van der Waals surface area contributed by atoms with E-state index in [1.807, 2.05) is 12.1 Å². The smallest absolute Gasteiger partial charge is 0.335 e. The summed E-state index contributed by atoms with van der Waals surface area (Å²) in [5, 5.41) is 11.5. The number of benzene rings is 1. The van der Waals surface area contributed by atoms with Gasteiger partial charge >= 0.3 is 5.97 Å². The second kappa shape index (κ2) is 6.00. The predicted octanol–water partition coefficient (Wildman–Crippen LogP) is 3.74. The van der Waals surface area contributed by atoms with Crippen LogP contribution in [0, 0.1) is 6.92 Å². The Labute approximate surface area is 128 Å². The van der Waals surface area contributed by atoms with E-state index in [0.29, 0.717) is 11.5 Å². The van der Waals surface area contributed by atoms with Crippen LogP contribution in [0.3, 0.4) is 0 Å². The van der Waals surface area contributed by atoms with Crippen LogP contribution < -0.4 is 0 Å². The highest BCUT2D eigenvalue weighted by atomic mass is 32.1. The molecule has 1 aliphatic heterocycles. The molecule has 1 atom stereocenters. The molecule has 1 aromatic carbocycles. The standard InChI is InChI=1S/C17H19NO2S/c1-12-7-9-21-16(12)11-18-8-6-13(10-18)14-4-2-3-5-15(14)17(19)20/h2-5,7,9,13H,6,8,10-11H2,1H3,(H,19,20)/t13-/m1/s1. The molecular formula is C17H19NO2S. The maximum absolute atomic E-state index is 11.3. The zero-order valence-electron chi connectivity index (χ0n) is 12.1. The maximum Gasteiger partial charge on any atom is 0.335 e. The van der Waals surface area contributed by atoms with Crippen LogP contribution in [0.25, 0.3) is 0 Å². The molecule has 2 aromatic rings. The van der Waals surface area contributed by atoms with Crippen LogP contribution in [-0.4, -0.2) is 29.1 Å². The molecule has 4 heteroatoms. The first kappa shape index (κ1) is 14.3. The van der Waals surface area contributed by atoms with Gasteiger partial charge in [0.15, 0.2) is 0 Å². The minimum absolute atomic E-state index is 0.331. The monoisotopic (exact) mass is 301 g/mol. The van der Waals surface area contributed by atoms with Gasteiger partial charge in [0.1, 0.15) is 0 Å². The van der Waals surface area contributed by atoms with Gasteiger partial charge in [0.2, 0.25) is 0 Å². The van der Waals surface area contributed by atoms with Crippen molar-refractivity contribution in [3.8, 4) is 0 Å². The lowest BCUT2D eigenvalue weighted by Gasteiger charge is -2.17. The van der Waals surface area contributed by atoms with Gasteiger partial charge in [-0.1, -0.05) is 18.2 Å². The van der Waals surface area contributed by atoms with Crippen LogP contribution in [0.5, 0.6) is 0 Å². The fraction of sp³-hybridized carbons (Fsp3) is 0.353. The van der Waals surface area contributed by atoms with Crippen molar-refractivity contribution in [3.05, 3.63) is 57.3 Å². The van der Waals surface area contributed by atoms with E-state index < -0.39 is 5.97 Å². The number of likely N-dealkylation sites (tertiary alicyclic amines) is 1. The number of thiophene rings is 1. The van der Waals surface area contributed by atoms with Crippen molar-refractivity contribution in [2.45, 2.75) is 25.8 Å². The first-order chi connectivity index (χ1) is 10.1. The molecule has 1 aromatic heterocycles. The summed E-state index contributed by atoms with van der Waals surface area (Å²) >= 11 is 1.81. The topological polar surface area (TPSA) is 40.5 Å². The number of aryl methyl sites for hydroxylation is 1. The summed E-state index contributed by atoms with van der Waals surface area (Å²) in [7, 11) is 0. The molecule has 2 heterocycles. The molecule has 0 aliphatic carbocycles. The molecule has 1 fully saturated rings.